The summed E-state index contributed by atoms with van der Waals surface area (Å²) in [5, 5.41) is 9.80. The number of benzene rings is 4. The third kappa shape index (κ3) is 5.66. The predicted molar refractivity (Wildman–Crippen MR) is 159 cm³/mol. The quantitative estimate of drug-likeness (QED) is 0.152. The first-order valence-corrected chi connectivity index (χ1v) is 13.7. The Morgan fingerprint density at radius 2 is 1.33 bits per heavy atom. The summed E-state index contributed by atoms with van der Waals surface area (Å²) in [5.74, 6) is -0.419. The van der Waals surface area contributed by atoms with Crippen LogP contribution < -0.4 is 21.5 Å². The number of aromatic nitrogens is 2. The lowest BCUT2D eigenvalue weighted by atomic mass is 9.77. The summed E-state index contributed by atoms with van der Waals surface area (Å²) >= 11 is 0. The molecule has 6 heteroatoms. The van der Waals surface area contributed by atoms with E-state index in [-0.39, 0.29) is 17.0 Å². The molecule has 0 bridgehead atoms. The van der Waals surface area contributed by atoms with Crippen molar-refractivity contribution in [2.45, 2.75) is 38.3 Å². The molecule has 5 rings (SSSR count). The van der Waals surface area contributed by atoms with Crippen LogP contribution in [0.3, 0.4) is 0 Å². The normalized spacial score (nSPS) is 11.3. The van der Waals surface area contributed by atoms with E-state index in [9.17, 15) is 10.1 Å². The van der Waals surface area contributed by atoms with Crippen LogP contribution in [-0.4, -0.2) is 17.6 Å². The van der Waals surface area contributed by atoms with Crippen molar-refractivity contribution in [3.05, 3.63) is 161 Å². The molecule has 0 saturated carbocycles. The zero-order valence-corrected chi connectivity index (χ0v) is 25.9. The second-order valence-corrected chi connectivity index (χ2v) is 10.9. The minimum atomic E-state index is -0.756. The number of hydrogen-bond donors (Lipinski definition) is 0. The zero-order valence-electron chi connectivity index (χ0n) is 24.3. The lowest BCUT2D eigenvalue weighted by Crippen LogP contribution is -3.00. The predicted octanol–water partition coefficient (Wildman–Crippen LogP) is 3.56. The van der Waals surface area contributed by atoms with Crippen LogP contribution in [0.2, 0.25) is 0 Å². The van der Waals surface area contributed by atoms with Gasteiger partial charge in [-0.2, -0.15) is 5.26 Å². The van der Waals surface area contributed by atoms with E-state index in [1.54, 1.807) is 6.07 Å². The van der Waals surface area contributed by atoms with Gasteiger partial charge in [-0.1, -0.05) is 97.1 Å². The van der Waals surface area contributed by atoms with Crippen LogP contribution in [0.25, 0.3) is 0 Å². The standard InChI is InChI=1S/C36H34N3O2.BrH/c1-27-23-39(26-38(27)24-28-20-29(34(40)41-4)22-33(21-28)35(2,3)25-37)36(30-14-8-5-9-15-30,31-16-10-6-11-17-31)32-18-12-7-13-19-32;/h5-23,26H,24H2,1-4H3;1H/q+1;/p-1. The molecule has 0 spiro atoms. The first-order chi connectivity index (χ1) is 19.8. The fraction of sp³-hybridized carbons (Fsp3) is 0.194. The number of aryl methyl sites for hydroxylation is 1. The number of carbonyl (C=O) groups is 1. The molecule has 0 aliphatic carbocycles. The minimum Gasteiger partial charge on any atom is -1.00 e. The molecule has 0 amide bonds. The molecule has 0 unspecified atom stereocenters. The molecule has 0 saturated heterocycles. The highest BCUT2D eigenvalue weighted by molar-refractivity contribution is 5.89. The van der Waals surface area contributed by atoms with Gasteiger partial charge in [0, 0.05) is 23.6 Å². The topological polar surface area (TPSA) is 58.9 Å². The summed E-state index contributed by atoms with van der Waals surface area (Å²) < 4.78 is 9.50. The lowest BCUT2D eigenvalue weighted by Gasteiger charge is -2.32. The molecule has 1 aromatic heterocycles. The van der Waals surface area contributed by atoms with Crippen molar-refractivity contribution >= 4 is 5.97 Å². The number of hydrogen-bond acceptors (Lipinski definition) is 3. The first kappa shape index (κ1) is 30.5. The van der Waals surface area contributed by atoms with E-state index in [0.29, 0.717) is 12.1 Å². The van der Waals surface area contributed by atoms with Crippen molar-refractivity contribution in [2.75, 3.05) is 7.11 Å². The minimum absolute atomic E-state index is 0. The molecule has 0 radical (unpaired) electrons. The fourth-order valence-corrected chi connectivity index (χ4v) is 5.53. The first-order valence-electron chi connectivity index (χ1n) is 13.7. The van der Waals surface area contributed by atoms with E-state index >= 15 is 0 Å². The number of rotatable bonds is 8. The van der Waals surface area contributed by atoms with Crippen LogP contribution >= 0.6 is 0 Å². The number of ether oxygens (including phenoxy) is 1. The summed E-state index contributed by atoms with van der Waals surface area (Å²) in [6, 6.07) is 39.6. The Hall–Kier alpha value is -4.47. The van der Waals surface area contributed by atoms with Gasteiger partial charge in [0.1, 0.15) is 18.4 Å². The van der Waals surface area contributed by atoms with E-state index in [4.69, 9.17) is 4.74 Å². The van der Waals surface area contributed by atoms with Crippen LogP contribution in [0, 0.1) is 18.3 Å². The summed E-state index contributed by atoms with van der Waals surface area (Å²) in [6.45, 7) is 6.32. The summed E-state index contributed by atoms with van der Waals surface area (Å²) in [7, 11) is 1.37. The molecular weight excluding hydrogens is 586 g/mol. The molecule has 0 N–H and O–H groups in total. The van der Waals surface area contributed by atoms with Crippen LogP contribution in [0.15, 0.2) is 122 Å². The number of halogens is 1. The van der Waals surface area contributed by atoms with Gasteiger partial charge in [-0.05, 0) is 37.1 Å². The van der Waals surface area contributed by atoms with Gasteiger partial charge in [-0.25, -0.2) is 13.9 Å². The Bertz CT molecular complexity index is 1610. The highest BCUT2D eigenvalue weighted by Gasteiger charge is 2.43. The Balaban J connectivity index is 0.00000405. The van der Waals surface area contributed by atoms with Gasteiger partial charge in [0.2, 0.25) is 6.33 Å². The van der Waals surface area contributed by atoms with E-state index in [0.717, 1.165) is 33.5 Å². The molecule has 0 aliphatic rings. The summed E-state index contributed by atoms with van der Waals surface area (Å²) in [4.78, 5) is 12.5. The molecule has 5 aromatic rings. The largest absolute Gasteiger partial charge is 1.00 e. The number of methoxy groups -OCH3 is 1. The van der Waals surface area contributed by atoms with Crippen molar-refractivity contribution in [3.63, 3.8) is 0 Å². The number of esters is 1. The van der Waals surface area contributed by atoms with Gasteiger partial charge in [0.05, 0.1) is 24.2 Å². The maximum absolute atomic E-state index is 12.5. The van der Waals surface area contributed by atoms with E-state index < -0.39 is 16.9 Å². The SMILES string of the molecule is COC(=O)c1cc(C[n+]2cn(C(c3ccccc3)(c3ccccc3)c3ccccc3)cc2C)cc(C(C)(C)C#N)c1.[Br-]. The van der Waals surface area contributed by atoms with E-state index in [2.05, 4.69) is 107 Å². The molecule has 1 heterocycles. The van der Waals surface area contributed by atoms with Crippen LogP contribution in [0.1, 0.15) is 57.7 Å². The van der Waals surface area contributed by atoms with Crippen LogP contribution in [0.5, 0.6) is 0 Å². The van der Waals surface area contributed by atoms with Gasteiger partial charge in [-0.15, -0.1) is 0 Å². The second-order valence-electron chi connectivity index (χ2n) is 10.9. The van der Waals surface area contributed by atoms with Crippen molar-refractivity contribution < 1.29 is 31.1 Å². The second kappa shape index (κ2) is 12.6. The highest BCUT2D eigenvalue weighted by Crippen LogP contribution is 2.40. The molecular formula is C36H34BrN3O2. The van der Waals surface area contributed by atoms with E-state index in [1.807, 2.05) is 44.2 Å². The van der Waals surface area contributed by atoms with Crippen LogP contribution in [-0.2, 0) is 22.2 Å². The van der Waals surface area contributed by atoms with Gasteiger partial charge < -0.3 is 21.7 Å². The lowest BCUT2D eigenvalue weighted by molar-refractivity contribution is -0.693. The number of nitrogens with zero attached hydrogens (tertiary/aromatic N) is 3. The third-order valence-electron chi connectivity index (χ3n) is 7.77. The van der Waals surface area contributed by atoms with Crippen molar-refractivity contribution in [1.82, 2.24) is 4.57 Å². The average Bonchev–Trinajstić information content (AvgIpc) is 3.38. The molecule has 5 nitrogen and oxygen atoms in total. The van der Waals surface area contributed by atoms with E-state index in [1.165, 1.54) is 7.11 Å². The zero-order chi connectivity index (χ0) is 29.0. The smallest absolute Gasteiger partial charge is 0.337 e. The van der Waals surface area contributed by atoms with Gasteiger partial charge in [-0.3, -0.25) is 0 Å². The van der Waals surface area contributed by atoms with Crippen molar-refractivity contribution in [2.24, 2.45) is 0 Å². The van der Waals surface area contributed by atoms with Gasteiger partial charge in [0.15, 0.2) is 5.54 Å². The average molecular weight is 621 g/mol. The molecule has 0 fully saturated rings. The van der Waals surface area contributed by atoms with Crippen LogP contribution in [0.4, 0.5) is 0 Å². The third-order valence-corrected chi connectivity index (χ3v) is 7.77. The van der Waals surface area contributed by atoms with Crippen molar-refractivity contribution in [3.8, 4) is 6.07 Å². The highest BCUT2D eigenvalue weighted by atomic mass is 79.9. The Morgan fingerprint density at radius 3 is 1.79 bits per heavy atom. The monoisotopic (exact) mass is 619 g/mol. The molecule has 42 heavy (non-hydrogen) atoms. The molecule has 212 valence electrons. The maximum Gasteiger partial charge on any atom is 0.337 e. The molecule has 0 aliphatic heterocycles. The number of nitriles is 1. The maximum atomic E-state index is 12.5. The summed E-state index contributed by atoms with van der Waals surface area (Å²) in [6.07, 6.45) is 4.32. The summed E-state index contributed by atoms with van der Waals surface area (Å²) in [5.41, 5.74) is 5.25. The Kier molecular flexibility index (Phi) is 9.14. The number of imidazole rings is 1. The molecule has 4 aromatic carbocycles. The number of carbonyl (C=O) groups excluding carboxylic acids is 1. The Morgan fingerprint density at radius 1 is 0.833 bits per heavy atom. The fourth-order valence-electron chi connectivity index (χ4n) is 5.53. The molecule has 0 atom stereocenters. The Labute approximate surface area is 258 Å². The van der Waals surface area contributed by atoms with Crippen molar-refractivity contribution in [1.29, 1.82) is 5.26 Å². The van der Waals surface area contributed by atoms with Gasteiger partial charge in [0.25, 0.3) is 0 Å². The van der Waals surface area contributed by atoms with Gasteiger partial charge >= 0.3 is 5.97 Å².